The van der Waals surface area contributed by atoms with Gasteiger partial charge in [-0.05, 0) is 67.6 Å². The fraction of sp³-hybridized carbons (Fsp3) is 0.269. The molecule has 2 aromatic carbocycles. The van der Waals surface area contributed by atoms with Gasteiger partial charge in [0.15, 0.2) is 0 Å². The van der Waals surface area contributed by atoms with E-state index in [0.717, 1.165) is 12.1 Å². The third-order valence-corrected chi connectivity index (χ3v) is 6.41. The van der Waals surface area contributed by atoms with Crippen molar-refractivity contribution in [3.63, 3.8) is 0 Å². The maximum absolute atomic E-state index is 15.0. The summed E-state index contributed by atoms with van der Waals surface area (Å²) in [5.74, 6) is -1.14. The minimum absolute atomic E-state index is 0.0910. The van der Waals surface area contributed by atoms with Gasteiger partial charge < -0.3 is 14.8 Å². The number of aliphatic carboxylic acids is 1. The molecule has 2 heterocycles. The van der Waals surface area contributed by atoms with Crippen LogP contribution in [0.2, 0.25) is 0 Å². The van der Waals surface area contributed by atoms with Crippen LogP contribution in [0.15, 0.2) is 54.7 Å². The number of fused-ring (bicyclic) bond motifs is 1. The zero-order valence-electron chi connectivity index (χ0n) is 18.8. The Labute approximate surface area is 203 Å². The van der Waals surface area contributed by atoms with Crippen molar-refractivity contribution >= 4 is 17.0 Å². The summed E-state index contributed by atoms with van der Waals surface area (Å²) in [6.07, 6.45) is -0.588. The molecule has 10 heteroatoms. The van der Waals surface area contributed by atoms with E-state index in [9.17, 15) is 22.4 Å². The van der Waals surface area contributed by atoms with Crippen molar-refractivity contribution in [2.75, 3.05) is 0 Å². The predicted molar refractivity (Wildman–Crippen MR) is 124 cm³/mol. The Balaban J connectivity index is 1.30. The molecule has 5 rings (SSSR count). The van der Waals surface area contributed by atoms with Crippen LogP contribution >= 0.6 is 0 Å². The number of nitrogens with zero attached hydrogens (tertiary/aromatic N) is 2. The second-order valence-electron chi connectivity index (χ2n) is 8.82. The normalized spacial score (nSPS) is 18.3. The fourth-order valence-electron chi connectivity index (χ4n) is 4.42. The molecule has 1 saturated carbocycles. The number of benzene rings is 2. The number of carbonyl (C=O) groups is 1. The van der Waals surface area contributed by atoms with Gasteiger partial charge in [-0.2, -0.15) is 13.2 Å². The average Bonchev–Trinajstić information content (AvgIpc) is 3.27. The molecule has 1 aliphatic carbocycles. The molecule has 36 heavy (non-hydrogen) atoms. The Morgan fingerprint density at radius 3 is 2.39 bits per heavy atom. The third-order valence-electron chi connectivity index (χ3n) is 6.41. The predicted octanol–water partition coefficient (Wildman–Crippen LogP) is 6.47. The van der Waals surface area contributed by atoms with Crippen LogP contribution in [-0.2, 0) is 11.0 Å². The lowest BCUT2D eigenvalue weighted by Gasteiger charge is -2.26. The molecule has 0 aliphatic heterocycles. The smallest absolute Gasteiger partial charge is 0.416 e. The van der Waals surface area contributed by atoms with E-state index in [1.165, 1.54) is 18.2 Å². The fourth-order valence-corrected chi connectivity index (χ4v) is 4.42. The van der Waals surface area contributed by atoms with Crippen LogP contribution in [0.25, 0.3) is 33.5 Å². The van der Waals surface area contributed by atoms with Crippen LogP contribution in [-0.4, -0.2) is 32.1 Å². The van der Waals surface area contributed by atoms with E-state index in [0.29, 0.717) is 48.2 Å². The van der Waals surface area contributed by atoms with E-state index in [1.54, 1.807) is 24.4 Å². The van der Waals surface area contributed by atoms with Crippen molar-refractivity contribution in [3.05, 3.63) is 66.1 Å². The highest BCUT2D eigenvalue weighted by molar-refractivity contribution is 5.81. The number of carboxylic acids is 1. The SMILES string of the molecule is O=C(O)C1CCC(Oc2ccc(-c3ccc(-c4nc5ccc(C(F)(F)F)cc5[nH]4)c(F)c3)cn2)CC1. The number of aromatic nitrogens is 3. The van der Waals surface area contributed by atoms with Crippen molar-refractivity contribution in [2.45, 2.75) is 38.0 Å². The summed E-state index contributed by atoms with van der Waals surface area (Å²) in [6, 6.07) is 11.1. The van der Waals surface area contributed by atoms with Crippen LogP contribution in [0.1, 0.15) is 31.2 Å². The van der Waals surface area contributed by atoms with Gasteiger partial charge in [-0.1, -0.05) is 6.07 Å². The molecule has 186 valence electrons. The summed E-state index contributed by atoms with van der Waals surface area (Å²) in [7, 11) is 0. The van der Waals surface area contributed by atoms with Crippen LogP contribution in [0.4, 0.5) is 17.6 Å². The molecule has 4 aromatic rings. The van der Waals surface area contributed by atoms with Crippen LogP contribution in [0.5, 0.6) is 5.88 Å². The topological polar surface area (TPSA) is 88.1 Å². The second-order valence-corrected chi connectivity index (χ2v) is 8.82. The maximum Gasteiger partial charge on any atom is 0.416 e. The van der Waals surface area contributed by atoms with Gasteiger partial charge in [0.2, 0.25) is 5.88 Å². The number of halogens is 4. The highest BCUT2D eigenvalue weighted by atomic mass is 19.4. The van der Waals surface area contributed by atoms with Gasteiger partial charge in [0.25, 0.3) is 0 Å². The number of hydrogen-bond acceptors (Lipinski definition) is 4. The van der Waals surface area contributed by atoms with Crippen molar-refractivity contribution < 1.29 is 32.2 Å². The summed E-state index contributed by atoms with van der Waals surface area (Å²) >= 11 is 0. The Morgan fingerprint density at radius 1 is 1.00 bits per heavy atom. The first kappa shape index (κ1) is 23.8. The molecule has 1 fully saturated rings. The van der Waals surface area contributed by atoms with Gasteiger partial charge >= 0.3 is 12.1 Å². The Morgan fingerprint density at radius 2 is 1.75 bits per heavy atom. The van der Waals surface area contributed by atoms with Crippen molar-refractivity contribution in [2.24, 2.45) is 5.92 Å². The number of imidazole rings is 1. The molecule has 0 saturated heterocycles. The summed E-state index contributed by atoms with van der Waals surface area (Å²) < 4.78 is 59.8. The number of hydrogen-bond donors (Lipinski definition) is 2. The van der Waals surface area contributed by atoms with Crippen LogP contribution in [0.3, 0.4) is 0 Å². The number of H-pyrrole nitrogens is 1. The standard InChI is InChI=1S/C26H21F4N3O3/c27-20-11-15(16-4-10-23(31-13-16)36-18-6-1-14(2-7-18)25(34)35)3-8-19(20)24-32-21-9-5-17(26(28,29)30)12-22(21)33-24/h3-5,8-14,18H,1-2,6-7H2,(H,32,33)(H,34,35). The first-order valence-electron chi connectivity index (χ1n) is 11.4. The largest absolute Gasteiger partial charge is 0.481 e. The van der Waals surface area contributed by atoms with E-state index in [1.807, 2.05) is 0 Å². The molecular formula is C26H21F4N3O3. The minimum atomic E-state index is -4.49. The molecule has 2 aromatic heterocycles. The van der Waals surface area contributed by atoms with E-state index >= 15 is 0 Å². The van der Waals surface area contributed by atoms with Gasteiger partial charge in [-0.25, -0.2) is 14.4 Å². The third kappa shape index (κ3) is 4.89. The summed E-state index contributed by atoms with van der Waals surface area (Å²) in [5.41, 5.74) is 1.01. The number of aromatic amines is 1. The Bertz CT molecular complexity index is 1410. The highest BCUT2D eigenvalue weighted by Gasteiger charge is 2.31. The van der Waals surface area contributed by atoms with Crippen LogP contribution < -0.4 is 4.74 Å². The Hall–Kier alpha value is -3.95. The van der Waals surface area contributed by atoms with E-state index in [4.69, 9.17) is 9.84 Å². The number of rotatable bonds is 5. The zero-order chi connectivity index (χ0) is 25.4. The molecule has 6 nitrogen and oxygen atoms in total. The molecule has 0 unspecified atom stereocenters. The number of nitrogens with one attached hydrogen (secondary N) is 1. The molecule has 0 spiro atoms. The lowest BCUT2D eigenvalue weighted by Crippen LogP contribution is -2.28. The second kappa shape index (κ2) is 9.25. The molecule has 2 N–H and O–H groups in total. The van der Waals surface area contributed by atoms with Crippen molar-refractivity contribution in [1.82, 2.24) is 15.0 Å². The maximum atomic E-state index is 15.0. The molecule has 1 aliphatic rings. The average molecular weight is 499 g/mol. The van der Waals surface area contributed by atoms with Crippen LogP contribution in [0, 0.1) is 11.7 Å². The first-order valence-corrected chi connectivity index (χ1v) is 11.4. The minimum Gasteiger partial charge on any atom is -0.481 e. The van der Waals surface area contributed by atoms with Crippen molar-refractivity contribution in [1.29, 1.82) is 0 Å². The Kier molecular flexibility index (Phi) is 6.11. The number of carboxylic acid groups (broad SMARTS) is 1. The van der Waals surface area contributed by atoms with Gasteiger partial charge in [-0.15, -0.1) is 0 Å². The van der Waals surface area contributed by atoms with E-state index < -0.39 is 23.5 Å². The summed E-state index contributed by atoms with van der Waals surface area (Å²) in [4.78, 5) is 22.4. The first-order chi connectivity index (χ1) is 17.2. The van der Waals surface area contributed by atoms with Gasteiger partial charge in [0.05, 0.1) is 28.1 Å². The molecule has 0 bridgehead atoms. The quantitative estimate of drug-likeness (QED) is 0.307. The highest BCUT2D eigenvalue weighted by Crippen LogP contribution is 2.33. The van der Waals surface area contributed by atoms with Gasteiger partial charge in [0, 0.05) is 17.8 Å². The van der Waals surface area contributed by atoms with Gasteiger partial charge in [0.1, 0.15) is 17.7 Å². The summed E-state index contributed by atoms with van der Waals surface area (Å²) in [6.45, 7) is 0. The number of ether oxygens (including phenoxy) is 1. The lowest BCUT2D eigenvalue weighted by molar-refractivity contribution is -0.143. The monoisotopic (exact) mass is 499 g/mol. The number of alkyl halides is 3. The zero-order valence-corrected chi connectivity index (χ0v) is 18.8. The molecule has 0 atom stereocenters. The lowest BCUT2D eigenvalue weighted by atomic mass is 9.87. The van der Waals surface area contributed by atoms with Gasteiger partial charge in [-0.3, -0.25) is 4.79 Å². The molecule has 0 radical (unpaired) electrons. The molecule has 0 amide bonds. The van der Waals surface area contributed by atoms with Crippen molar-refractivity contribution in [3.8, 4) is 28.4 Å². The molecular weight excluding hydrogens is 478 g/mol. The van der Waals surface area contributed by atoms with E-state index in [-0.39, 0.29) is 28.9 Å². The summed E-state index contributed by atoms with van der Waals surface area (Å²) in [5, 5.41) is 9.10. The number of pyridine rings is 1. The van der Waals surface area contributed by atoms with E-state index in [2.05, 4.69) is 15.0 Å².